The van der Waals surface area contributed by atoms with E-state index >= 15 is 0 Å². The van der Waals surface area contributed by atoms with E-state index in [-0.39, 0.29) is 24.1 Å². The lowest BCUT2D eigenvalue weighted by Crippen LogP contribution is -2.34. The van der Waals surface area contributed by atoms with E-state index in [2.05, 4.69) is 20.5 Å². The Hall–Kier alpha value is -4.18. The quantitative estimate of drug-likeness (QED) is 0.436. The summed E-state index contributed by atoms with van der Waals surface area (Å²) in [7, 11) is 4.05. The van der Waals surface area contributed by atoms with Crippen molar-refractivity contribution in [1.29, 1.82) is 0 Å². The number of urea groups is 1. The van der Waals surface area contributed by atoms with Crippen LogP contribution in [0.2, 0.25) is 0 Å². The van der Waals surface area contributed by atoms with E-state index in [1.165, 1.54) is 18.3 Å². The minimum absolute atomic E-state index is 0.0359. The van der Waals surface area contributed by atoms with Gasteiger partial charge in [-0.05, 0) is 50.2 Å². The summed E-state index contributed by atoms with van der Waals surface area (Å²) in [6, 6.07) is 16.2. The molecule has 2 aromatic carbocycles. The maximum Gasteiger partial charge on any atom is 0.412 e. The minimum atomic E-state index is -0.767. The van der Waals surface area contributed by atoms with Gasteiger partial charge >= 0.3 is 12.1 Å². The number of aromatic nitrogens is 1. The van der Waals surface area contributed by atoms with Crippen LogP contribution in [0, 0.1) is 11.7 Å². The number of hydrogen-bond donors (Lipinski definition) is 2. The van der Waals surface area contributed by atoms with Gasteiger partial charge in [-0.2, -0.15) is 0 Å². The third-order valence-electron chi connectivity index (χ3n) is 5.79. The Kier molecular flexibility index (Phi) is 8.52. The van der Waals surface area contributed by atoms with Crippen LogP contribution in [0.1, 0.15) is 12.0 Å². The molecule has 9 nitrogen and oxygen atoms in total. The van der Waals surface area contributed by atoms with Gasteiger partial charge in [-0.3, -0.25) is 10.6 Å². The predicted molar refractivity (Wildman–Crippen MR) is 138 cm³/mol. The van der Waals surface area contributed by atoms with Crippen LogP contribution in [-0.2, 0) is 11.3 Å². The number of amides is 3. The van der Waals surface area contributed by atoms with Gasteiger partial charge in [0.1, 0.15) is 23.9 Å². The molecule has 0 spiro atoms. The van der Waals surface area contributed by atoms with E-state index < -0.39 is 11.9 Å². The number of ether oxygens (including phenoxy) is 2. The number of halogens is 1. The number of pyridine rings is 1. The molecule has 1 saturated heterocycles. The average molecular weight is 508 g/mol. The Morgan fingerprint density at radius 3 is 2.62 bits per heavy atom. The zero-order chi connectivity index (χ0) is 26.2. The average Bonchev–Trinajstić information content (AvgIpc) is 3.33. The molecule has 2 N–H and O–H groups in total. The summed E-state index contributed by atoms with van der Waals surface area (Å²) in [5, 5.41) is 5.18. The molecule has 4 rings (SSSR count). The topological polar surface area (TPSA) is 96.0 Å². The second kappa shape index (κ2) is 12.2. The predicted octanol–water partition coefficient (Wildman–Crippen LogP) is 5.18. The molecule has 0 aliphatic carbocycles. The molecule has 0 radical (unpaired) electrons. The molecular formula is C27H30FN5O4. The van der Waals surface area contributed by atoms with E-state index in [9.17, 15) is 14.0 Å². The summed E-state index contributed by atoms with van der Waals surface area (Å²) >= 11 is 0. The number of hydrogen-bond acceptors (Lipinski definition) is 6. The number of anilines is 2. The van der Waals surface area contributed by atoms with Gasteiger partial charge < -0.3 is 19.3 Å². The lowest BCUT2D eigenvalue weighted by atomic mass is 10.1. The largest absolute Gasteiger partial charge is 0.457 e. The van der Waals surface area contributed by atoms with Crippen LogP contribution in [0.25, 0.3) is 0 Å². The zero-order valence-corrected chi connectivity index (χ0v) is 20.8. The lowest BCUT2D eigenvalue weighted by Gasteiger charge is -2.19. The molecule has 1 atom stereocenters. The smallest absolute Gasteiger partial charge is 0.412 e. The van der Waals surface area contributed by atoms with E-state index in [4.69, 9.17) is 9.47 Å². The van der Waals surface area contributed by atoms with Crippen molar-refractivity contribution in [2.75, 3.05) is 44.4 Å². The second-order valence-electron chi connectivity index (χ2n) is 9.10. The molecular weight excluding hydrogens is 477 g/mol. The van der Waals surface area contributed by atoms with Crippen molar-refractivity contribution in [3.8, 4) is 11.5 Å². The molecule has 10 heteroatoms. The first-order valence-corrected chi connectivity index (χ1v) is 12.0. The van der Waals surface area contributed by atoms with Crippen molar-refractivity contribution in [2.24, 2.45) is 5.92 Å². The highest BCUT2D eigenvalue weighted by Crippen LogP contribution is 2.27. The van der Waals surface area contributed by atoms with Crippen molar-refractivity contribution in [1.82, 2.24) is 14.8 Å². The first-order chi connectivity index (χ1) is 17.9. The molecule has 3 aromatic rings. The molecule has 1 aliphatic rings. The SMILES string of the molecule is CN(C)C[C@@H]1CCN(C(=O)Nc2cc(Oc3ccc(NC(=O)OCc4ccccc4)c(F)c3)ccn2)C1. The summed E-state index contributed by atoms with van der Waals surface area (Å²) < 4.78 is 25.4. The number of nitrogens with zero attached hydrogens (tertiary/aromatic N) is 3. The molecule has 1 aliphatic heterocycles. The third-order valence-corrected chi connectivity index (χ3v) is 5.79. The number of rotatable bonds is 8. The van der Waals surface area contributed by atoms with Gasteiger partial charge in [0, 0.05) is 38.0 Å². The minimum Gasteiger partial charge on any atom is -0.457 e. The Balaban J connectivity index is 1.30. The highest BCUT2D eigenvalue weighted by atomic mass is 19.1. The molecule has 194 valence electrons. The van der Waals surface area contributed by atoms with Crippen molar-refractivity contribution < 1.29 is 23.5 Å². The number of carbonyl (C=O) groups is 2. The maximum atomic E-state index is 14.6. The lowest BCUT2D eigenvalue weighted by molar-refractivity contribution is 0.155. The van der Waals surface area contributed by atoms with E-state index in [0.717, 1.165) is 24.6 Å². The van der Waals surface area contributed by atoms with Gasteiger partial charge in [-0.25, -0.2) is 19.0 Å². The molecule has 0 bridgehead atoms. The van der Waals surface area contributed by atoms with Gasteiger partial charge in [0.2, 0.25) is 0 Å². The van der Waals surface area contributed by atoms with Gasteiger partial charge in [-0.15, -0.1) is 0 Å². The summed E-state index contributed by atoms with van der Waals surface area (Å²) in [5.41, 5.74) is 0.787. The summed E-state index contributed by atoms with van der Waals surface area (Å²) in [6.07, 6.45) is 1.69. The van der Waals surface area contributed by atoms with Crippen LogP contribution in [0.3, 0.4) is 0 Å². The zero-order valence-electron chi connectivity index (χ0n) is 20.8. The Morgan fingerprint density at radius 1 is 1.08 bits per heavy atom. The highest BCUT2D eigenvalue weighted by molar-refractivity contribution is 5.88. The van der Waals surface area contributed by atoms with Crippen LogP contribution in [0.15, 0.2) is 66.9 Å². The standard InChI is InChI=1S/C27H30FN5O4/c1-32(2)16-20-11-13-33(17-20)26(34)31-25-15-22(10-12-29-25)37-21-8-9-24(23(28)14-21)30-27(35)36-18-19-6-4-3-5-7-19/h3-10,12,14-15,20H,11,13,16-18H2,1-2H3,(H,30,35)(H,29,31,34)/t20-/m0/s1. The van der Waals surface area contributed by atoms with Gasteiger partial charge in [0.05, 0.1) is 5.69 Å². The van der Waals surface area contributed by atoms with Gasteiger partial charge in [-0.1, -0.05) is 30.3 Å². The molecule has 1 fully saturated rings. The number of benzene rings is 2. The molecule has 1 aromatic heterocycles. The van der Waals surface area contributed by atoms with Crippen LogP contribution in [0.5, 0.6) is 11.5 Å². The van der Waals surface area contributed by atoms with Crippen LogP contribution >= 0.6 is 0 Å². The van der Waals surface area contributed by atoms with E-state index in [0.29, 0.717) is 30.6 Å². The van der Waals surface area contributed by atoms with Crippen molar-refractivity contribution >= 4 is 23.6 Å². The molecule has 2 heterocycles. The fourth-order valence-electron chi connectivity index (χ4n) is 4.08. The van der Waals surface area contributed by atoms with Crippen molar-refractivity contribution in [3.63, 3.8) is 0 Å². The fourth-order valence-corrected chi connectivity index (χ4v) is 4.08. The number of carbonyl (C=O) groups excluding carboxylic acids is 2. The third kappa shape index (κ3) is 7.65. The monoisotopic (exact) mass is 507 g/mol. The van der Waals surface area contributed by atoms with Crippen LogP contribution in [0.4, 0.5) is 25.5 Å². The Bertz CT molecular complexity index is 1220. The summed E-state index contributed by atoms with van der Waals surface area (Å²) in [6.45, 7) is 2.40. The Morgan fingerprint density at radius 2 is 1.86 bits per heavy atom. The number of nitrogens with one attached hydrogen (secondary N) is 2. The van der Waals surface area contributed by atoms with Crippen LogP contribution < -0.4 is 15.4 Å². The maximum absolute atomic E-state index is 14.6. The van der Waals surface area contributed by atoms with Gasteiger partial charge in [0.15, 0.2) is 5.82 Å². The van der Waals surface area contributed by atoms with Crippen molar-refractivity contribution in [3.05, 3.63) is 78.2 Å². The van der Waals surface area contributed by atoms with E-state index in [1.807, 2.05) is 44.4 Å². The normalized spacial score (nSPS) is 14.9. The first-order valence-electron chi connectivity index (χ1n) is 12.0. The fraction of sp³-hybridized carbons (Fsp3) is 0.296. The first kappa shape index (κ1) is 25.9. The van der Waals surface area contributed by atoms with Gasteiger partial charge in [0.25, 0.3) is 0 Å². The highest BCUT2D eigenvalue weighted by Gasteiger charge is 2.26. The Labute approximate surface area is 215 Å². The molecule has 0 saturated carbocycles. The summed E-state index contributed by atoms with van der Waals surface area (Å²) in [4.78, 5) is 32.7. The summed E-state index contributed by atoms with van der Waals surface area (Å²) in [5.74, 6) is 0.688. The molecule has 37 heavy (non-hydrogen) atoms. The molecule has 0 unspecified atom stereocenters. The van der Waals surface area contributed by atoms with Crippen LogP contribution in [-0.4, -0.2) is 60.6 Å². The molecule has 3 amide bonds. The second-order valence-corrected chi connectivity index (χ2v) is 9.10. The van der Waals surface area contributed by atoms with E-state index in [1.54, 1.807) is 17.0 Å². The number of likely N-dealkylation sites (tertiary alicyclic amines) is 1. The van der Waals surface area contributed by atoms with Crippen molar-refractivity contribution in [2.45, 2.75) is 13.0 Å².